The molecule has 7 heteroatoms. The predicted octanol–water partition coefficient (Wildman–Crippen LogP) is 3.51. The molecular weight excluding hydrogens is 426 g/mol. The molecule has 1 aromatic heterocycles. The SMILES string of the molecule is COc1ccccc1C(C)NC(=O)CN1CCN(Cc2ccc(Br)s2)CC1. The Balaban J connectivity index is 1.44. The summed E-state index contributed by atoms with van der Waals surface area (Å²) < 4.78 is 6.57. The number of nitrogens with one attached hydrogen (secondary N) is 1. The number of amides is 1. The van der Waals surface area contributed by atoms with E-state index in [1.54, 1.807) is 18.4 Å². The van der Waals surface area contributed by atoms with Gasteiger partial charge in [-0.3, -0.25) is 14.6 Å². The molecule has 5 nitrogen and oxygen atoms in total. The molecule has 1 amide bonds. The van der Waals surface area contributed by atoms with E-state index in [1.165, 1.54) is 8.66 Å². The quantitative estimate of drug-likeness (QED) is 0.699. The van der Waals surface area contributed by atoms with Crippen LogP contribution in [-0.2, 0) is 11.3 Å². The maximum absolute atomic E-state index is 12.5. The van der Waals surface area contributed by atoms with Crippen LogP contribution in [0.1, 0.15) is 23.4 Å². The number of benzene rings is 1. The Morgan fingerprint density at radius 2 is 1.89 bits per heavy atom. The highest BCUT2D eigenvalue weighted by Gasteiger charge is 2.21. The molecule has 1 fully saturated rings. The molecule has 1 aliphatic rings. The van der Waals surface area contributed by atoms with Gasteiger partial charge in [0, 0.05) is 43.2 Å². The molecule has 146 valence electrons. The summed E-state index contributed by atoms with van der Waals surface area (Å²) in [5.41, 5.74) is 1.00. The number of hydrogen-bond donors (Lipinski definition) is 1. The molecule has 1 saturated heterocycles. The lowest BCUT2D eigenvalue weighted by Gasteiger charge is -2.34. The van der Waals surface area contributed by atoms with Crippen molar-refractivity contribution in [1.29, 1.82) is 0 Å². The van der Waals surface area contributed by atoms with E-state index in [-0.39, 0.29) is 11.9 Å². The number of thiophene rings is 1. The number of methoxy groups -OCH3 is 1. The molecule has 0 radical (unpaired) electrons. The van der Waals surface area contributed by atoms with E-state index >= 15 is 0 Å². The Kier molecular flexibility index (Phi) is 7.29. The first kappa shape index (κ1) is 20.3. The average Bonchev–Trinajstić information content (AvgIpc) is 3.08. The van der Waals surface area contributed by atoms with E-state index in [1.807, 2.05) is 31.2 Å². The van der Waals surface area contributed by atoms with Gasteiger partial charge in [0.2, 0.25) is 5.91 Å². The van der Waals surface area contributed by atoms with Gasteiger partial charge in [0.1, 0.15) is 5.75 Å². The van der Waals surface area contributed by atoms with Crippen molar-refractivity contribution in [3.05, 3.63) is 50.6 Å². The predicted molar refractivity (Wildman–Crippen MR) is 113 cm³/mol. The Labute approximate surface area is 173 Å². The highest BCUT2D eigenvalue weighted by Crippen LogP contribution is 2.25. The van der Waals surface area contributed by atoms with Crippen LogP contribution in [-0.4, -0.2) is 55.5 Å². The van der Waals surface area contributed by atoms with Crippen molar-refractivity contribution in [3.8, 4) is 5.75 Å². The summed E-state index contributed by atoms with van der Waals surface area (Å²) in [6.45, 7) is 7.24. The first-order chi connectivity index (χ1) is 13.0. The van der Waals surface area contributed by atoms with Gasteiger partial charge < -0.3 is 10.1 Å². The number of hydrogen-bond acceptors (Lipinski definition) is 5. The number of para-hydroxylation sites is 1. The number of carbonyl (C=O) groups is 1. The van der Waals surface area contributed by atoms with Gasteiger partial charge in [-0.05, 0) is 41.1 Å². The van der Waals surface area contributed by atoms with Crippen LogP contribution in [0, 0.1) is 0 Å². The summed E-state index contributed by atoms with van der Waals surface area (Å²) in [7, 11) is 1.65. The molecule has 2 aromatic rings. The van der Waals surface area contributed by atoms with Gasteiger partial charge in [0.15, 0.2) is 0 Å². The van der Waals surface area contributed by atoms with Gasteiger partial charge in [-0.2, -0.15) is 0 Å². The third-order valence-electron chi connectivity index (χ3n) is 4.82. The van der Waals surface area contributed by atoms with Crippen molar-refractivity contribution in [1.82, 2.24) is 15.1 Å². The fraction of sp³-hybridized carbons (Fsp3) is 0.450. The van der Waals surface area contributed by atoms with Crippen molar-refractivity contribution >= 4 is 33.2 Å². The highest BCUT2D eigenvalue weighted by molar-refractivity contribution is 9.11. The van der Waals surface area contributed by atoms with E-state index in [2.05, 4.69) is 43.2 Å². The zero-order valence-corrected chi connectivity index (χ0v) is 18.2. The molecule has 27 heavy (non-hydrogen) atoms. The molecule has 0 spiro atoms. The summed E-state index contributed by atoms with van der Waals surface area (Å²) in [6.07, 6.45) is 0. The number of ether oxygens (including phenoxy) is 1. The van der Waals surface area contributed by atoms with Crippen LogP contribution in [0.4, 0.5) is 0 Å². The molecule has 0 aliphatic carbocycles. The maximum Gasteiger partial charge on any atom is 0.234 e. The van der Waals surface area contributed by atoms with E-state index < -0.39 is 0 Å². The smallest absolute Gasteiger partial charge is 0.234 e. The Bertz CT molecular complexity index is 759. The topological polar surface area (TPSA) is 44.8 Å². The second kappa shape index (κ2) is 9.68. The lowest BCUT2D eigenvalue weighted by atomic mass is 10.1. The van der Waals surface area contributed by atoms with Gasteiger partial charge in [-0.25, -0.2) is 0 Å². The summed E-state index contributed by atoms with van der Waals surface area (Å²) >= 11 is 5.31. The lowest BCUT2D eigenvalue weighted by molar-refractivity contribution is -0.123. The summed E-state index contributed by atoms with van der Waals surface area (Å²) in [6, 6.07) is 12.0. The third-order valence-corrected chi connectivity index (χ3v) is 6.43. The number of halogens is 1. The first-order valence-corrected chi connectivity index (χ1v) is 10.8. The largest absolute Gasteiger partial charge is 0.496 e. The average molecular weight is 452 g/mol. The van der Waals surface area contributed by atoms with Crippen molar-refractivity contribution in [2.75, 3.05) is 39.8 Å². The van der Waals surface area contributed by atoms with Crippen LogP contribution in [0.15, 0.2) is 40.2 Å². The molecule has 3 rings (SSSR count). The zero-order chi connectivity index (χ0) is 19.2. The molecule has 1 N–H and O–H groups in total. The molecule has 2 heterocycles. The minimum absolute atomic E-state index is 0.0593. The second-order valence-electron chi connectivity index (χ2n) is 6.79. The fourth-order valence-electron chi connectivity index (χ4n) is 3.35. The van der Waals surface area contributed by atoms with Crippen molar-refractivity contribution in [2.45, 2.75) is 19.5 Å². The van der Waals surface area contributed by atoms with Crippen LogP contribution in [0.3, 0.4) is 0 Å². The molecule has 1 aliphatic heterocycles. The molecule has 0 saturated carbocycles. The zero-order valence-electron chi connectivity index (χ0n) is 15.8. The van der Waals surface area contributed by atoms with Gasteiger partial charge in [-0.1, -0.05) is 18.2 Å². The number of rotatable bonds is 7. The number of piperazine rings is 1. The standard InChI is InChI=1S/C20H26BrN3O2S/c1-15(17-5-3-4-6-18(17)26-2)22-20(25)14-24-11-9-23(10-12-24)13-16-7-8-19(21)27-16/h3-8,15H,9-14H2,1-2H3,(H,22,25). The summed E-state index contributed by atoms with van der Waals surface area (Å²) in [5.74, 6) is 0.864. The van der Waals surface area contributed by atoms with Gasteiger partial charge in [-0.15, -0.1) is 11.3 Å². The van der Waals surface area contributed by atoms with Crippen LogP contribution < -0.4 is 10.1 Å². The second-order valence-corrected chi connectivity index (χ2v) is 9.34. The number of carbonyl (C=O) groups excluding carboxylic acids is 1. The summed E-state index contributed by atoms with van der Waals surface area (Å²) in [4.78, 5) is 18.5. The Hall–Kier alpha value is -1.41. The van der Waals surface area contributed by atoms with Crippen molar-refractivity contribution in [2.24, 2.45) is 0 Å². The highest BCUT2D eigenvalue weighted by atomic mass is 79.9. The van der Waals surface area contributed by atoms with Gasteiger partial charge in [0.25, 0.3) is 0 Å². The van der Waals surface area contributed by atoms with Gasteiger partial charge >= 0.3 is 0 Å². The van der Waals surface area contributed by atoms with Crippen molar-refractivity contribution < 1.29 is 9.53 Å². The normalized spacial score (nSPS) is 16.9. The monoisotopic (exact) mass is 451 g/mol. The summed E-state index contributed by atoms with van der Waals surface area (Å²) in [5, 5.41) is 3.09. The van der Waals surface area contributed by atoms with Crippen molar-refractivity contribution in [3.63, 3.8) is 0 Å². The minimum atomic E-state index is -0.0767. The fourth-order valence-corrected chi connectivity index (χ4v) is 4.88. The third kappa shape index (κ3) is 5.78. The van der Waals surface area contributed by atoms with Crippen LogP contribution in [0.5, 0.6) is 5.75 Å². The molecule has 1 unspecified atom stereocenters. The van der Waals surface area contributed by atoms with E-state index in [9.17, 15) is 4.79 Å². The van der Waals surface area contributed by atoms with Crippen LogP contribution in [0.2, 0.25) is 0 Å². The molecular formula is C20H26BrN3O2S. The minimum Gasteiger partial charge on any atom is -0.496 e. The first-order valence-electron chi connectivity index (χ1n) is 9.16. The Morgan fingerprint density at radius 3 is 2.56 bits per heavy atom. The Morgan fingerprint density at radius 1 is 1.19 bits per heavy atom. The lowest BCUT2D eigenvalue weighted by Crippen LogP contribution is -2.49. The van der Waals surface area contributed by atoms with E-state index in [4.69, 9.17) is 4.74 Å². The molecule has 1 atom stereocenters. The van der Waals surface area contributed by atoms with E-state index in [0.717, 1.165) is 44.0 Å². The van der Waals surface area contributed by atoms with E-state index in [0.29, 0.717) is 6.54 Å². The van der Waals surface area contributed by atoms with Crippen LogP contribution >= 0.6 is 27.3 Å². The molecule has 1 aromatic carbocycles. The maximum atomic E-state index is 12.5. The molecule has 0 bridgehead atoms. The van der Waals surface area contributed by atoms with Gasteiger partial charge in [0.05, 0.1) is 23.5 Å². The number of nitrogens with zero attached hydrogens (tertiary/aromatic N) is 2. The van der Waals surface area contributed by atoms with Crippen LogP contribution in [0.25, 0.3) is 0 Å².